The van der Waals surface area contributed by atoms with Gasteiger partial charge >= 0.3 is 0 Å². The van der Waals surface area contributed by atoms with Crippen LogP contribution in [0.3, 0.4) is 0 Å². The van der Waals surface area contributed by atoms with Gasteiger partial charge in [0.05, 0.1) is 42.7 Å². The van der Waals surface area contributed by atoms with Crippen molar-refractivity contribution in [3.8, 4) is 34.5 Å². The van der Waals surface area contributed by atoms with Gasteiger partial charge in [-0.25, -0.2) is 0 Å². The summed E-state index contributed by atoms with van der Waals surface area (Å²) in [6.07, 6.45) is 0. The molecular formula is C36H46O6Si. The minimum atomic E-state index is -3.60. The van der Waals surface area contributed by atoms with Crippen LogP contribution in [0.25, 0.3) is 0 Å². The molecule has 1 atom stereocenters. The molecule has 0 aliphatic heterocycles. The van der Waals surface area contributed by atoms with Crippen molar-refractivity contribution in [1.29, 1.82) is 0 Å². The van der Waals surface area contributed by atoms with Crippen LogP contribution in [0, 0.1) is 26.7 Å². The first-order valence-corrected chi connectivity index (χ1v) is 16.6. The number of methoxy groups -OCH3 is 6. The van der Waals surface area contributed by atoms with E-state index in [1.807, 2.05) is 36.4 Å². The Morgan fingerprint density at radius 3 is 1.02 bits per heavy atom. The summed E-state index contributed by atoms with van der Waals surface area (Å²) in [5.41, 5.74) is 6.83. The third kappa shape index (κ3) is 4.69. The fraction of sp³-hybridized carbons (Fsp3) is 0.389. The van der Waals surface area contributed by atoms with Crippen LogP contribution in [0.5, 0.6) is 34.5 Å². The largest absolute Gasteiger partial charge is 0.497 e. The van der Waals surface area contributed by atoms with Gasteiger partial charge in [0.25, 0.3) is 0 Å². The van der Waals surface area contributed by atoms with E-state index >= 15 is 0 Å². The Kier molecular flexibility index (Phi) is 9.26. The second kappa shape index (κ2) is 12.4. The third-order valence-electron chi connectivity index (χ3n) is 9.39. The SMILES string of the molecule is COc1ccc(C)c(OC)c1[Si](C1=C(C)C(C)=C(C)C1C)(c1c(OC)ccc(C)c1OC)c1c(OC)ccc(C)c1OC. The van der Waals surface area contributed by atoms with E-state index in [9.17, 15) is 0 Å². The van der Waals surface area contributed by atoms with Gasteiger partial charge in [-0.15, -0.1) is 0 Å². The molecule has 0 bridgehead atoms. The first-order valence-electron chi connectivity index (χ1n) is 14.6. The molecule has 1 aliphatic carbocycles. The van der Waals surface area contributed by atoms with E-state index in [4.69, 9.17) is 28.4 Å². The number of hydrogen-bond donors (Lipinski definition) is 0. The van der Waals surface area contributed by atoms with Crippen LogP contribution in [0.1, 0.15) is 44.4 Å². The van der Waals surface area contributed by atoms with E-state index in [0.29, 0.717) is 0 Å². The smallest absolute Gasteiger partial charge is 0.203 e. The summed E-state index contributed by atoms with van der Waals surface area (Å²) in [4.78, 5) is 0. The molecule has 230 valence electrons. The number of hydrogen-bond acceptors (Lipinski definition) is 6. The Morgan fingerprint density at radius 1 is 0.465 bits per heavy atom. The Labute approximate surface area is 258 Å². The molecule has 0 radical (unpaired) electrons. The van der Waals surface area contributed by atoms with Crippen molar-refractivity contribution in [3.63, 3.8) is 0 Å². The van der Waals surface area contributed by atoms with Crippen molar-refractivity contribution in [2.24, 2.45) is 5.92 Å². The normalized spacial score (nSPS) is 15.1. The number of benzene rings is 3. The van der Waals surface area contributed by atoms with E-state index in [2.05, 4.69) is 48.5 Å². The second-order valence-electron chi connectivity index (χ2n) is 11.3. The van der Waals surface area contributed by atoms with E-state index in [1.54, 1.807) is 42.7 Å². The predicted octanol–water partition coefficient (Wildman–Crippen LogP) is 5.98. The topological polar surface area (TPSA) is 55.4 Å². The quantitative estimate of drug-likeness (QED) is 0.210. The summed E-state index contributed by atoms with van der Waals surface area (Å²) in [5.74, 6) is 4.54. The third-order valence-corrected chi connectivity index (χ3v) is 14.7. The molecule has 3 aromatic rings. The summed E-state index contributed by atoms with van der Waals surface area (Å²) in [6, 6.07) is 12.3. The minimum Gasteiger partial charge on any atom is -0.497 e. The van der Waals surface area contributed by atoms with E-state index in [1.165, 1.54) is 21.9 Å². The highest BCUT2D eigenvalue weighted by molar-refractivity contribution is 7.18. The lowest BCUT2D eigenvalue weighted by molar-refractivity contribution is 0.394. The molecule has 3 aromatic carbocycles. The number of aryl methyl sites for hydroxylation is 3. The molecule has 43 heavy (non-hydrogen) atoms. The molecule has 1 unspecified atom stereocenters. The highest BCUT2D eigenvalue weighted by Crippen LogP contribution is 2.47. The number of allylic oxidation sites excluding steroid dienone is 4. The van der Waals surface area contributed by atoms with Crippen molar-refractivity contribution in [2.75, 3.05) is 42.7 Å². The average Bonchev–Trinajstić information content (AvgIpc) is 3.20. The van der Waals surface area contributed by atoms with E-state index in [-0.39, 0.29) is 5.92 Å². The van der Waals surface area contributed by atoms with Crippen molar-refractivity contribution in [1.82, 2.24) is 0 Å². The van der Waals surface area contributed by atoms with Gasteiger partial charge in [0.1, 0.15) is 34.5 Å². The maximum atomic E-state index is 6.36. The lowest BCUT2D eigenvalue weighted by Crippen LogP contribution is -2.71. The minimum absolute atomic E-state index is 0.0893. The van der Waals surface area contributed by atoms with E-state index in [0.717, 1.165) is 66.7 Å². The van der Waals surface area contributed by atoms with Crippen LogP contribution >= 0.6 is 0 Å². The van der Waals surface area contributed by atoms with Gasteiger partial charge in [0.15, 0.2) is 0 Å². The van der Waals surface area contributed by atoms with Crippen LogP contribution in [0.2, 0.25) is 0 Å². The average molecular weight is 603 g/mol. The number of ether oxygens (including phenoxy) is 6. The van der Waals surface area contributed by atoms with Gasteiger partial charge < -0.3 is 28.4 Å². The fourth-order valence-electron chi connectivity index (χ4n) is 7.12. The molecule has 0 heterocycles. The lowest BCUT2D eigenvalue weighted by atomic mass is 10.1. The van der Waals surface area contributed by atoms with Gasteiger partial charge in [0.2, 0.25) is 8.07 Å². The first-order chi connectivity index (χ1) is 20.5. The van der Waals surface area contributed by atoms with Gasteiger partial charge in [-0.1, -0.05) is 41.5 Å². The van der Waals surface area contributed by atoms with E-state index < -0.39 is 8.07 Å². The monoisotopic (exact) mass is 602 g/mol. The summed E-state index contributed by atoms with van der Waals surface area (Å²) in [7, 11) is 6.75. The Hall–Kier alpha value is -3.84. The van der Waals surface area contributed by atoms with Gasteiger partial charge in [0, 0.05) is 15.6 Å². The summed E-state index contributed by atoms with van der Waals surface area (Å²) >= 11 is 0. The van der Waals surface area contributed by atoms with Crippen molar-refractivity contribution in [3.05, 3.63) is 75.0 Å². The zero-order chi connectivity index (χ0) is 31.8. The van der Waals surface area contributed by atoms with Crippen molar-refractivity contribution >= 4 is 23.6 Å². The Balaban J connectivity index is 2.57. The Morgan fingerprint density at radius 2 is 0.791 bits per heavy atom. The molecule has 0 fully saturated rings. The zero-order valence-corrected chi connectivity index (χ0v) is 29.0. The van der Waals surface area contributed by atoms with Crippen LogP contribution in [0.4, 0.5) is 0 Å². The molecule has 7 heteroatoms. The van der Waals surface area contributed by atoms with Crippen molar-refractivity contribution < 1.29 is 28.4 Å². The molecule has 0 saturated heterocycles. The molecule has 0 N–H and O–H groups in total. The molecular weight excluding hydrogens is 556 g/mol. The molecule has 4 rings (SSSR count). The van der Waals surface area contributed by atoms with Crippen LogP contribution in [-0.2, 0) is 0 Å². The lowest BCUT2D eigenvalue weighted by Gasteiger charge is -2.42. The maximum Gasteiger partial charge on any atom is 0.203 e. The molecule has 1 aliphatic rings. The second-order valence-corrected chi connectivity index (χ2v) is 14.8. The van der Waals surface area contributed by atoms with Crippen molar-refractivity contribution in [2.45, 2.75) is 48.5 Å². The number of rotatable bonds is 10. The summed E-state index contributed by atoms with van der Waals surface area (Å²) in [5, 5.41) is 4.18. The molecule has 0 amide bonds. The molecule has 0 saturated carbocycles. The summed E-state index contributed by atoms with van der Waals surface area (Å²) < 4.78 is 37.9. The zero-order valence-electron chi connectivity index (χ0n) is 28.0. The highest BCUT2D eigenvalue weighted by atomic mass is 28.3. The van der Waals surface area contributed by atoms with Gasteiger partial charge in [-0.3, -0.25) is 0 Å². The maximum absolute atomic E-state index is 6.36. The van der Waals surface area contributed by atoms with Crippen LogP contribution in [0.15, 0.2) is 58.3 Å². The highest BCUT2D eigenvalue weighted by Gasteiger charge is 2.57. The molecule has 0 spiro atoms. The van der Waals surface area contributed by atoms with Crippen LogP contribution < -0.4 is 44.0 Å². The molecule has 6 nitrogen and oxygen atoms in total. The Bertz CT molecular complexity index is 1470. The molecule has 0 aromatic heterocycles. The van der Waals surface area contributed by atoms with Crippen LogP contribution in [-0.4, -0.2) is 50.7 Å². The van der Waals surface area contributed by atoms with Gasteiger partial charge in [-0.05, 0) is 87.9 Å². The predicted molar refractivity (Wildman–Crippen MR) is 178 cm³/mol. The standard InChI is InChI=1S/C36H46O6Si/c1-20-14-17-27(37-8)34(30(20)40-11)43(33-25(6)23(4)24(5)26(33)7,35-28(38-9)18-15-21(2)31(35)41-12)36-29(39-10)19-16-22(3)32(36)42-13/h14-19,25H,1-13H3. The van der Waals surface area contributed by atoms with Gasteiger partial charge in [-0.2, -0.15) is 0 Å². The fourth-order valence-corrected chi connectivity index (χ4v) is 13.9. The first kappa shape index (κ1) is 32.1. The summed E-state index contributed by atoms with van der Waals surface area (Å²) in [6.45, 7) is 15.2.